The highest BCUT2D eigenvalue weighted by Gasteiger charge is 2.35. The molecule has 0 bridgehead atoms. The number of nitrogens with one attached hydrogen (secondary N) is 1. The number of hydrogen-bond donors (Lipinski definition) is 1. The van der Waals surface area contributed by atoms with Gasteiger partial charge in [-0.25, -0.2) is 8.42 Å². The van der Waals surface area contributed by atoms with Gasteiger partial charge in [0.25, 0.3) is 10.0 Å². The Balaban J connectivity index is 1.81. The molecule has 0 fully saturated rings. The van der Waals surface area contributed by atoms with E-state index in [4.69, 9.17) is 11.6 Å². The Morgan fingerprint density at radius 2 is 1.47 bits per heavy atom. The zero-order chi connectivity index (χ0) is 31.0. The van der Waals surface area contributed by atoms with Crippen LogP contribution >= 0.6 is 11.6 Å². The number of nitrogens with zero attached hydrogens (tertiary/aromatic N) is 2. The lowest BCUT2D eigenvalue weighted by Crippen LogP contribution is -2.53. The number of carbonyl (C=O) groups excluding carboxylic acids is 2. The molecular formula is C34H36ClN3O4S. The van der Waals surface area contributed by atoms with Crippen LogP contribution in [0.25, 0.3) is 0 Å². The zero-order valence-corrected chi connectivity index (χ0v) is 26.1. The summed E-state index contributed by atoms with van der Waals surface area (Å²) in [5.74, 6) is -0.833. The number of rotatable bonds is 12. The van der Waals surface area contributed by atoms with E-state index in [0.29, 0.717) is 22.8 Å². The average Bonchev–Trinajstić information content (AvgIpc) is 3.01. The van der Waals surface area contributed by atoms with Gasteiger partial charge in [0.05, 0.1) is 10.6 Å². The number of carbonyl (C=O) groups is 2. The van der Waals surface area contributed by atoms with Crippen LogP contribution in [0.15, 0.2) is 108 Å². The van der Waals surface area contributed by atoms with Crippen molar-refractivity contribution in [3.05, 3.63) is 130 Å². The summed E-state index contributed by atoms with van der Waals surface area (Å²) in [5.41, 5.74) is 3.58. The normalized spacial score (nSPS) is 11.9. The standard InChI is InChI=1S/C34H36ClN3O4S/c1-4-36-34(40)32(22-27-11-7-5-8-12-27)37(23-28-17-19-29(35)20-18-28)33(39)24-38(31-21-25(2)15-16-26(31)3)43(41,42)30-13-9-6-10-14-30/h5-21,32H,4,22-24H2,1-3H3,(H,36,40)/t32-/m1/s1. The third-order valence-electron chi connectivity index (χ3n) is 7.13. The molecule has 0 saturated heterocycles. The number of likely N-dealkylation sites (N-methyl/N-ethyl adjacent to an activating group) is 1. The summed E-state index contributed by atoms with van der Waals surface area (Å²) >= 11 is 6.13. The highest BCUT2D eigenvalue weighted by Crippen LogP contribution is 2.29. The van der Waals surface area contributed by atoms with Crippen LogP contribution < -0.4 is 9.62 Å². The molecule has 4 rings (SSSR count). The van der Waals surface area contributed by atoms with Crippen molar-refractivity contribution >= 4 is 39.1 Å². The molecule has 0 aliphatic rings. The van der Waals surface area contributed by atoms with Crippen LogP contribution in [-0.2, 0) is 32.6 Å². The van der Waals surface area contributed by atoms with Gasteiger partial charge in [0.2, 0.25) is 11.8 Å². The van der Waals surface area contributed by atoms with E-state index in [1.165, 1.54) is 17.0 Å². The maximum Gasteiger partial charge on any atom is 0.264 e. The molecule has 0 unspecified atom stereocenters. The van der Waals surface area contributed by atoms with Crippen LogP contribution in [0.4, 0.5) is 5.69 Å². The Morgan fingerprint density at radius 3 is 2.09 bits per heavy atom. The lowest BCUT2D eigenvalue weighted by atomic mass is 10.0. The first-order chi connectivity index (χ1) is 20.6. The van der Waals surface area contributed by atoms with E-state index in [9.17, 15) is 18.0 Å². The third kappa shape index (κ3) is 8.03. The van der Waals surface area contributed by atoms with Crippen LogP contribution in [0, 0.1) is 13.8 Å². The molecule has 0 aliphatic heterocycles. The lowest BCUT2D eigenvalue weighted by molar-refractivity contribution is -0.140. The van der Waals surface area contributed by atoms with Crippen molar-refractivity contribution in [1.82, 2.24) is 10.2 Å². The fraction of sp³-hybridized carbons (Fsp3) is 0.235. The van der Waals surface area contributed by atoms with Crippen LogP contribution in [0.2, 0.25) is 5.02 Å². The van der Waals surface area contributed by atoms with Crippen molar-refractivity contribution in [2.24, 2.45) is 0 Å². The molecule has 0 aromatic heterocycles. The van der Waals surface area contributed by atoms with Crippen molar-refractivity contribution in [3.8, 4) is 0 Å². The highest BCUT2D eigenvalue weighted by molar-refractivity contribution is 7.92. The minimum atomic E-state index is -4.15. The summed E-state index contributed by atoms with van der Waals surface area (Å²) in [4.78, 5) is 29.5. The topological polar surface area (TPSA) is 86.8 Å². The van der Waals surface area contributed by atoms with E-state index in [-0.39, 0.29) is 23.8 Å². The first kappa shape index (κ1) is 31.8. The Morgan fingerprint density at radius 1 is 0.837 bits per heavy atom. The fourth-order valence-electron chi connectivity index (χ4n) is 4.85. The Hall–Kier alpha value is -4.14. The number of hydrogen-bond acceptors (Lipinski definition) is 4. The molecule has 43 heavy (non-hydrogen) atoms. The van der Waals surface area contributed by atoms with Crippen molar-refractivity contribution in [3.63, 3.8) is 0 Å². The summed E-state index contributed by atoms with van der Waals surface area (Å²) in [5, 5.41) is 3.41. The quantitative estimate of drug-likeness (QED) is 0.214. The van der Waals surface area contributed by atoms with Crippen LogP contribution in [0.5, 0.6) is 0 Å². The average molecular weight is 618 g/mol. The molecule has 1 N–H and O–H groups in total. The van der Waals surface area contributed by atoms with E-state index in [0.717, 1.165) is 21.0 Å². The molecule has 4 aromatic carbocycles. The molecule has 2 amide bonds. The minimum absolute atomic E-state index is 0.0671. The van der Waals surface area contributed by atoms with Gasteiger partial charge >= 0.3 is 0 Å². The Kier molecular flexibility index (Phi) is 10.6. The van der Waals surface area contributed by atoms with Gasteiger partial charge in [-0.3, -0.25) is 13.9 Å². The summed E-state index contributed by atoms with van der Waals surface area (Å²) in [6.07, 6.45) is 0.251. The number of amides is 2. The second-order valence-corrected chi connectivity index (χ2v) is 12.7. The molecule has 224 valence electrons. The number of benzene rings is 4. The maximum atomic E-state index is 14.4. The van der Waals surface area contributed by atoms with E-state index in [2.05, 4.69) is 5.32 Å². The van der Waals surface area contributed by atoms with Crippen molar-refractivity contribution in [2.75, 3.05) is 17.4 Å². The second-order valence-electron chi connectivity index (χ2n) is 10.4. The van der Waals surface area contributed by atoms with Gasteiger partial charge in [-0.15, -0.1) is 0 Å². The summed E-state index contributed by atoms with van der Waals surface area (Å²) in [6.45, 7) is 5.46. The molecule has 1 atom stereocenters. The minimum Gasteiger partial charge on any atom is -0.355 e. The Bertz CT molecular complexity index is 1650. The number of sulfonamides is 1. The van der Waals surface area contributed by atoms with Crippen LogP contribution in [0.1, 0.15) is 29.2 Å². The third-order valence-corrected chi connectivity index (χ3v) is 9.16. The SMILES string of the molecule is CCNC(=O)[C@@H](Cc1ccccc1)N(Cc1ccc(Cl)cc1)C(=O)CN(c1cc(C)ccc1C)S(=O)(=O)c1ccccc1. The molecule has 4 aromatic rings. The van der Waals surface area contributed by atoms with Crippen molar-refractivity contribution in [1.29, 1.82) is 0 Å². The van der Waals surface area contributed by atoms with E-state index in [1.54, 1.807) is 48.5 Å². The van der Waals surface area contributed by atoms with E-state index in [1.807, 2.05) is 63.2 Å². The largest absolute Gasteiger partial charge is 0.355 e. The molecule has 0 spiro atoms. The van der Waals surface area contributed by atoms with Gasteiger partial charge in [-0.2, -0.15) is 0 Å². The molecular weight excluding hydrogens is 582 g/mol. The zero-order valence-electron chi connectivity index (χ0n) is 24.5. The predicted octanol–water partition coefficient (Wildman–Crippen LogP) is 5.93. The van der Waals surface area contributed by atoms with Gasteiger partial charge in [0.15, 0.2) is 0 Å². The van der Waals surface area contributed by atoms with Crippen molar-refractivity contribution < 1.29 is 18.0 Å². The molecule has 9 heteroatoms. The number of anilines is 1. The number of aryl methyl sites for hydroxylation is 2. The summed E-state index contributed by atoms with van der Waals surface area (Å²) < 4.78 is 29.4. The van der Waals surface area contributed by atoms with Gasteiger partial charge in [-0.1, -0.05) is 84.4 Å². The monoisotopic (exact) mass is 617 g/mol. The summed E-state index contributed by atoms with van der Waals surface area (Å²) in [6, 6.07) is 29.1. The smallest absolute Gasteiger partial charge is 0.264 e. The first-order valence-electron chi connectivity index (χ1n) is 14.1. The second kappa shape index (κ2) is 14.4. The summed E-state index contributed by atoms with van der Waals surface area (Å²) in [7, 11) is -4.15. The predicted molar refractivity (Wildman–Crippen MR) is 172 cm³/mol. The van der Waals surface area contributed by atoms with E-state index < -0.39 is 28.5 Å². The van der Waals surface area contributed by atoms with Gasteiger partial charge in [0, 0.05) is 24.5 Å². The number of halogens is 1. The van der Waals surface area contributed by atoms with Crippen LogP contribution in [0.3, 0.4) is 0 Å². The lowest BCUT2D eigenvalue weighted by Gasteiger charge is -2.34. The molecule has 0 radical (unpaired) electrons. The molecule has 0 aliphatic carbocycles. The molecule has 7 nitrogen and oxygen atoms in total. The van der Waals surface area contributed by atoms with E-state index >= 15 is 0 Å². The Labute approximate surface area is 259 Å². The fourth-order valence-corrected chi connectivity index (χ4v) is 6.47. The maximum absolute atomic E-state index is 14.4. The molecule has 0 heterocycles. The van der Waals surface area contributed by atoms with Crippen LogP contribution in [-0.4, -0.2) is 44.3 Å². The van der Waals surface area contributed by atoms with Crippen molar-refractivity contribution in [2.45, 2.75) is 44.7 Å². The first-order valence-corrected chi connectivity index (χ1v) is 15.9. The highest BCUT2D eigenvalue weighted by atomic mass is 35.5. The van der Waals surface area contributed by atoms with Gasteiger partial charge in [0.1, 0.15) is 12.6 Å². The van der Waals surface area contributed by atoms with Gasteiger partial charge in [-0.05, 0) is 73.4 Å². The molecule has 0 saturated carbocycles. The van der Waals surface area contributed by atoms with Gasteiger partial charge < -0.3 is 10.2 Å².